The lowest BCUT2D eigenvalue weighted by atomic mass is 10.1. The van der Waals surface area contributed by atoms with Gasteiger partial charge in [0.15, 0.2) is 0 Å². The van der Waals surface area contributed by atoms with Crippen molar-refractivity contribution in [2.45, 2.75) is 33.8 Å². The van der Waals surface area contributed by atoms with E-state index in [0.717, 1.165) is 45.3 Å². The van der Waals surface area contributed by atoms with E-state index in [1.54, 1.807) is 6.92 Å². The van der Waals surface area contributed by atoms with Crippen LogP contribution in [0, 0.1) is 20.8 Å². The number of thiophene rings is 1. The van der Waals surface area contributed by atoms with Crippen molar-refractivity contribution in [3.63, 3.8) is 0 Å². The topological polar surface area (TPSA) is 69.6 Å². The number of hydrogen-bond acceptors (Lipinski definition) is 6. The summed E-state index contributed by atoms with van der Waals surface area (Å²) in [4.78, 5) is 27.6. The number of carbonyl (C=O) groups is 1. The number of β-amino-alcohol motifs (C(OH)–C–C–N with tert-alkyl or cyclic N) is 1. The quantitative estimate of drug-likeness (QED) is 0.915. The van der Waals surface area contributed by atoms with Crippen molar-refractivity contribution in [1.82, 2.24) is 19.8 Å². The van der Waals surface area contributed by atoms with Gasteiger partial charge in [0, 0.05) is 43.8 Å². The second kappa shape index (κ2) is 6.74. The van der Waals surface area contributed by atoms with Gasteiger partial charge in [0.05, 0.1) is 11.0 Å². The number of aromatic nitrogens is 2. The Morgan fingerprint density at radius 1 is 1.21 bits per heavy atom. The third kappa shape index (κ3) is 3.29. The average Bonchev–Trinajstić information content (AvgIpc) is 2.83. The van der Waals surface area contributed by atoms with Crippen molar-refractivity contribution in [2.75, 3.05) is 32.7 Å². The highest BCUT2D eigenvalue weighted by Crippen LogP contribution is 2.32. The molecule has 1 aliphatic heterocycles. The van der Waals surface area contributed by atoms with Crippen molar-refractivity contribution >= 4 is 27.5 Å². The molecule has 7 heteroatoms. The van der Waals surface area contributed by atoms with Crippen molar-refractivity contribution in [3.8, 4) is 0 Å². The first-order valence-corrected chi connectivity index (χ1v) is 9.12. The van der Waals surface area contributed by atoms with Crippen molar-refractivity contribution in [2.24, 2.45) is 0 Å². The number of hydrogen-bond donors (Lipinski definition) is 1. The van der Waals surface area contributed by atoms with E-state index in [1.165, 1.54) is 11.3 Å². The first-order valence-electron chi connectivity index (χ1n) is 8.31. The molecule has 1 aliphatic rings. The largest absolute Gasteiger partial charge is 0.392 e. The summed E-state index contributed by atoms with van der Waals surface area (Å²) in [7, 11) is 0. The fourth-order valence-electron chi connectivity index (χ4n) is 3.33. The second-order valence-corrected chi connectivity index (χ2v) is 7.53. The first-order chi connectivity index (χ1) is 11.4. The molecule has 1 fully saturated rings. The summed E-state index contributed by atoms with van der Waals surface area (Å²) in [6, 6.07) is 0. The van der Waals surface area contributed by atoms with Crippen LogP contribution in [0.15, 0.2) is 0 Å². The zero-order chi connectivity index (χ0) is 17.4. The molecule has 2 aromatic rings. The Hall–Kier alpha value is -1.57. The molecule has 0 bridgehead atoms. The van der Waals surface area contributed by atoms with E-state index in [-0.39, 0.29) is 12.0 Å². The Bertz CT molecular complexity index is 764. The molecule has 2 aromatic heterocycles. The van der Waals surface area contributed by atoms with E-state index in [9.17, 15) is 9.90 Å². The predicted octanol–water partition coefficient (Wildman–Crippen LogP) is 1.76. The SMILES string of the molecule is Cc1nc(C)c2c(C)c(C(=O)N3CCN(C[C@@H](C)O)CC3)sc2n1. The predicted molar refractivity (Wildman–Crippen MR) is 95.7 cm³/mol. The molecule has 1 atom stereocenters. The minimum Gasteiger partial charge on any atom is -0.392 e. The summed E-state index contributed by atoms with van der Waals surface area (Å²) in [5.41, 5.74) is 1.93. The number of carbonyl (C=O) groups excluding carboxylic acids is 1. The van der Waals surface area contributed by atoms with Gasteiger partial charge in [-0.15, -0.1) is 11.3 Å². The Morgan fingerprint density at radius 3 is 2.50 bits per heavy atom. The maximum Gasteiger partial charge on any atom is 0.264 e. The molecule has 3 heterocycles. The van der Waals surface area contributed by atoms with E-state index in [0.29, 0.717) is 19.6 Å². The fourth-order valence-corrected chi connectivity index (χ4v) is 4.57. The van der Waals surface area contributed by atoms with E-state index >= 15 is 0 Å². The van der Waals surface area contributed by atoms with Crippen LogP contribution in [-0.2, 0) is 0 Å². The fraction of sp³-hybridized carbons (Fsp3) is 0.588. The maximum atomic E-state index is 12.9. The first kappa shape index (κ1) is 17.3. The lowest BCUT2D eigenvalue weighted by molar-refractivity contribution is 0.0557. The maximum absolute atomic E-state index is 12.9. The van der Waals surface area contributed by atoms with E-state index in [4.69, 9.17) is 0 Å². The summed E-state index contributed by atoms with van der Waals surface area (Å²) in [5.74, 6) is 0.830. The van der Waals surface area contributed by atoms with Gasteiger partial charge in [-0.2, -0.15) is 0 Å². The number of aliphatic hydroxyl groups excluding tert-OH is 1. The van der Waals surface area contributed by atoms with Gasteiger partial charge in [-0.05, 0) is 33.3 Å². The number of aliphatic hydroxyl groups is 1. The van der Waals surface area contributed by atoms with Gasteiger partial charge in [0.25, 0.3) is 5.91 Å². The number of piperazine rings is 1. The molecule has 0 radical (unpaired) electrons. The average molecular weight is 348 g/mol. The smallest absolute Gasteiger partial charge is 0.264 e. The molecule has 0 saturated carbocycles. The molecular formula is C17H24N4O2S. The standard InChI is InChI=1S/C17H24N4O2S/c1-10(22)9-20-5-7-21(8-6-20)17(23)15-11(2)14-12(3)18-13(4)19-16(14)24-15/h10,22H,5-9H2,1-4H3/t10-/m1/s1. The summed E-state index contributed by atoms with van der Waals surface area (Å²) >= 11 is 1.47. The van der Waals surface area contributed by atoms with Gasteiger partial charge in [0.1, 0.15) is 10.7 Å². The van der Waals surface area contributed by atoms with E-state index in [1.807, 2.05) is 25.7 Å². The number of fused-ring (bicyclic) bond motifs is 1. The minimum atomic E-state index is -0.332. The number of nitrogens with zero attached hydrogens (tertiary/aromatic N) is 4. The second-order valence-electron chi connectivity index (χ2n) is 6.53. The normalized spacial score (nSPS) is 17.5. The number of rotatable bonds is 3. The van der Waals surface area contributed by atoms with Gasteiger partial charge in [-0.25, -0.2) is 9.97 Å². The molecule has 1 amide bonds. The summed E-state index contributed by atoms with van der Waals surface area (Å²) in [5, 5.41) is 10.5. The highest BCUT2D eigenvalue weighted by molar-refractivity contribution is 7.20. The third-order valence-electron chi connectivity index (χ3n) is 4.46. The van der Waals surface area contributed by atoms with Crippen LogP contribution in [0.4, 0.5) is 0 Å². The molecule has 130 valence electrons. The van der Waals surface area contributed by atoms with Crippen LogP contribution >= 0.6 is 11.3 Å². The van der Waals surface area contributed by atoms with Crippen LogP contribution in [0.1, 0.15) is 33.7 Å². The minimum absolute atomic E-state index is 0.0873. The van der Waals surface area contributed by atoms with Crippen LogP contribution in [0.5, 0.6) is 0 Å². The molecule has 1 saturated heterocycles. The highest BCUT2D eigenvalue weighted by atomic mass is 32.1. The molecule has 24 heavy (non-hydrogen) atoms. The van der Waals surface area contributed by atoms with Crippen LogP contribution in [0.25, 0.3) is 10.2 Å². The number of aryl methyl sites for hydroxylation is 3. The highest BCUT2D eigenvalue weighted by Gasteiger charge is 2.26. The van der Waals surface area contributed by atoms with Gasteiger partial charge in [-0.1, -0.05) is 0 Å². The zero-order valence-electron chi connectivity index (χ0n) is 14.7. The Labute approximate surface area is 146 Å². The van der Waals surface area contributed by atoms with Crippen LogP contribution < -0.4 is 0 Å². The van der Waals surface area contributed by atoms with Crippen molar-refractivity contribution in [1.29, 1.82) is 0 Å². The molecule has 6 nitrogen and oxygen atoms in total. The zero-order valence-corrected chi connectivity index (χ0v) is 15.5. The van der Waals surface area contributed by atoms with Crippen LogP contribution in [-0.4, -0.2) is 69.6 Å². The molecule has 0 aromatic carbocycles. The lowest BCUT2D eigenvalue weighted by Crippen LogP contribution is -2.50. The number of amides is 1. The summed E-state index contributed by atoms with van der Waals surface area (Å²) in [6.07, 6.45) is -0.332. The lowest BCUT2D eigenvalue weighted by Gasteiger charge is -2.35. The van der Waals surface area contributed by atoms with Crippen molar-refractivity contribution in [3.05, 3.63) is 22.0 Å². The molecule has 0 spiro atoms. The monoisotopic (exact) mass is 348 g/mol. The van der Waals surface area contributed by atoms with Gasteiger partial charge < -0.3 is 10.0 Å². The van der Waals surface area contributed by atoms with Gasteiger partial charge in [-0.3, -0.25) is 9.69 Å². The Morgan fingerprint density at radius 2 is 1.88 bits per heavy atom. The van der Waals surface area contributed by atoms with Gasteiger partial charge in [0.2, 0.25) is 0 Å². The molecule has 3 rings (SSSR count). The van der Waals surface area contributed by atoms with Crippen LogP contribution in [0.3, 0.4) is 0 Å². The summed E-state index contributed by atoms with van der Waals surface area (Å²) in [6.45, 7) is 11.3. The van der Waals surface area contributed by atoms with E-state index < -0.39 is 0 Å². The Balaban J connectivity index is 1.80. The third-order valence-corrected chi connectivity index (χ3v) is 5.63. The molecule has 0 unspecified atom stereocenters. The van der Waals surface area contributed by atoms with Gasteiger partial charge >= 0.3 is 0 Å². The molecule has 0 aliphatic carbocycles. The van der Waals surface area contributed by atoms with Crippen molar-refractivity contribution < 1.29 is 9.90 Å². The summed E-state index contributed by atoms with van der Waals surface area (Å²) < 4.78 is 0. The van der Waals surface area contributed by atoms with E-state index in [2.05, 4.69) is 14.9 Å². The molecular weight excluding hydrogens is 324 g/mol. The molecule has 1 N–H and O–H groups in total. The van der Waals surface area contributed by atoms with Crippen LogP contribution in [0.2, 0.25) is 0 Å². The Kier molecular flexibility index (Phi) is 4.85.